The molecule has 1 fully saturated rings. The average molecular weight is 214 g/mol. The summed E-state index contributed by atoms with van der Waals surface area (Å²) in [6.45, 7) is 3.75. The number of methoxy groups -OCH3 is 1. The van der Waals surface area contributed by atoms with Crippen LogP contribution in [0, 0.1) is 5.92 Å². The van der Waals surface area contributed by atoms with E-state index in [0.717, 1.165) is 25.9 Å². The third-order valence-electron chi connectivity index (χ3n) is 3.33. The quantitative estimate of drug-likeness (QED) is 0.653. The van der Waals surface area contributed by atoms with Crippen LogP contribution in [0.15, 0.2) is 0 Å². The van der Waals surface area contributed by atoms with E-state index in [-0.39, 0.29) is 5.97 Å². The molecule has 4 nitrogen and oxygen atoms in total. The molecular formula is C11H22N2O2. The monoisotopic (exact) mass is 214 g/mol. The van der Waals surface area contributed by atoms with Crippen molar-refractivity contribution in [1.82, 2.24) is 10.2 Å². The third-order valence-corrected chi connectivity index (χ3v) is 3.33. The number of hydrogen-bond donors (Lipinski definition) is 1. The van der Waals surface area contributed by atoms with Gasteiger partial charge in [-0.15, -0.1) is 0 Å². The Morgan fingerprint density at radius 2 is 2.20 bits per heavy atom. The molecule has 1 aliphatic carbocycles. The summed E-state index contributed by atoms with van der Waals surface area (Å²) in [5, 5.41) is 3.18. The van der Waals surface area contributed by atoms with Gasteiger partial charge in [0.15, 0.2) is 0 Å². The van der Waals surface area contributed by atoms with Crippen molar-refractivity contribution in [1.29, 1.82) is 0 Å². The Balaban J connectivity index is 2.78. The number of likely N-dealkylation sites (N-methyl/N-ethyl adjacent to an activating group) is 2. The van der Waals surface area contributed by atoms with Gasteiger partial charge in [-0.25, -0.2) is 4.79 Å². The zero-order chi connectivity index (χ0) is 11.5. The summed E-state index contributed by atoms with van der Waals surface area (Å²) in [5.74, 6) is 0.303. The lowest BCUT2D eigenvalue weighted by atomic mass is 9.92. The normalized spacial score (nSPS) is 20.1. The van der Waals surface area contributed by atoms with Gasteiger partial charge >= 0.3 is 5.97 Å². The maximum atomic E-state index is 11.9. The van der Waals surface area contributed by atoms with Crippen LogP contribution < -0.4 is 5.32 Å². The molecule has 0 amide bonds. The Morgan fingerprint density at radius 1 is 1.60 bits per heavy atom. The zero-order valence-corrected chi connectivity index (χ0v) is 10.2. The van der Waals surface area contributed by atoms with Gasteiger partial charge in [-0.3, -0.25) is 0 Å². The minimum absolute atomic E-state index is 0.132. The van der Waals surface area contributed by atoms with E-state index in [2.05, 4.69) is 17.1 Å². The lowest BCUT2D eigenvalue weighted by Gasteiger charge is -2.34. The highest BCUT2D eigenvalue weighted by Crippen LogP contribution is 2.40. The van der Waals surface area contributed by atoms with E-state index >= 15 is 0 Å². The maximum absolute atomic E-state index is 11.9. The number of carbonyl (C=O) groups excluding carboxylic acids is 1. The lowest BCUT2D eigenvalue weighted by Crippen LogP contribution is -2.59. The Labute approximate surface area is 92.0 Å². The number of rotatable bonds is 6. The van der Waals surface area contributed by atoms with Crippen molar-refractivity contribution >= 4 is 5.97 Å². The second-order valence-electron chi connectivity index (χ2n) is 4.32. The summed E-state index contributed by atoms with van der Waals surface area (Å²) in [6, 6.07) is 0. The second kappa shape index (κ2) is 4.94. The van der Waals surface area contributed by atoms with Crippen molar-refractivity contribution in [2.75, 3.05) is 34.3 Å². The molecule has 1 saturated carbocycles. The maximum Gasteiger partial charge on any atom is 0.327 e. The molecule has 1 aliphatic rings. The number of nitrogens with one attached hydrogen (secondary N) is 1. The highest BCUT2D eigenvalue weighted by Gasteiger charge is 2.51. The van der Waals surface area contributed by atoms with Crippen LogP contribution in [0.1, 0.15) is 19.8 Å². The van der Waals surface area contributed by atoms with E-state index in [9.17, 15) is 4.79 Å². The van der Waals surface area contributed by atoms with Crippen molar-refractivity contribution in [2.45, 2.75) is 25.3 Å². The van der Waals surface area contributed by atoms with Gasteiger partial charge in [0.1, 0.15) is 5.54 Å². The molecule has 0 bridgehead atoms. The molecule has 0 spiro atoms. The molecule has 1 rings (SSSR count). The molecule has 0 aromatic rings. The predicted molar refractivity (Wildman–Crippen MR) is 59.7 cm³/mol. The van der Waals surface area contributed by atoms with Crippen LogP contribution in [-0.2, 0) is 9.53 Å². The minimum Gasteiger partial charge on any atom is -0.468 e. The molecule has 0 aromatic heterocycles. The molecular weight excluding hydrogens is 192 g/mol. The summed E-state index contributed by atoms with van der Waals surface area (Å²) in [6.07, 6.45) is 2.24. The van der Waals surface area contributed by atoms with Crippen LogP contribution in [0.5, 0.6) is 0 Å². The van der Waals surface area contributed by atoms with Crippen molar-refractivity contribution < 1.29 is 9.53 Å². The smallest absolute Gasteiger partial charge is 0.327 e. The molecule has 0 saturated heterocycles. The lowest BCUT2D eigenvalue weighted by molar-refractivity contribution is -0.150. The average Bonchev–Trinajstić information content (AvgIpc) is 3.08. The predicted octanol–water partition coefficient (Wildman–Crippen LogP) is 0.479. The van der Waals surface area contributed by atoms with E-state index in [1.165, 1.54) is 7.11 Å². The van der Waals surface area contributed by atoms with Gasteiger partial charge in [-0.1, -0.05) is 6.92 Å². The summed E-state index contributed by atoms with van der Waals surface area (Å²) in [4.78, 5) is 14.0. The fraction of sp³-hybridized carbons (Fsp3) is 0.909. The third kappa shape index (κ3) is 2.49. The Bertz CT molecular complexity index is 229. The molecule has 0 radical (unpaired) electrons. The van der Waals surface area contributed by atoms with Crippen LogP contribution in [0.25, 0.3) is 0 Å². The van der Waals surface area contributed by atoms with Crippen LogP contribution >= 0.6 is 0 Å². The molecule has 1 atom stereocenters. The molecule has 0 aliphatic heterocycles. The van der Waals surface area contributed by atoms with Gasteiger partial charge in [-0.2, -0.15) is 0 Å². The largest absolute Gasteiger partial charge is 0.468 e. The van der Waals surface area contributed by atoms with Crippen LogP contribution in [0.4, 0.5) is 0 Å². The standard InChI is InChI=1S/C11H22N2O2/c1-5-13(3)8-11(12-2,9-6-7-9)10(14)15-4/h9,12H,5-8H2,1-4H3. The van der Waals surface area contributed by atoms with Gasteiger partial charge in [0.05, 0.1) is 7.11 Å². The van der Waals surface area contributed by atoms with Crippen LogP contribution in [0.3, 0.4) is 0 Å². The van der Waals surface area contributed by atoms with Crippen LogP contribution in [0.2, 0.25) is 0 Å². The minimum atomic E-state index is -0.500. The fourth-order valence-corrected chi connectivity index (χ4v) is 2.04. The number of nitrogens with zero attached hydrogens (tertiary/aromatic N) is 1. The Morgan fingerprint density at radius 3 is 2.53 bits per heavy atom. The molecule has 15 heavy (non-hydrogen) atoms. The van der Waals surface area contributed by atoms with E-state index in [4.69, 9.17) is 4.74 Å². The summed E-state index contributed by atoms with van der Waals surface area (Å²) < 4.78 is 4.93. The first-order valence-corrected chi connectivity index (χ1v) is 5.56. The highest BCUT2D eigenvalue weighted by atomic mass is 16.5. The van der Waals surface area contributed by atoms with Crippen molar-refractivity contribution in [3.8, 4) is 0 Å². The van der Waals surface area contributed by atoms with Gasteiger partial charge in [0, 0.05) is 6.54 Å². The van der Waals surface area contributed by atoms with E-state index in [1.807, 2.05) is 14.1 Å². The second-order valence-corrected chi connectivity index (χ2v) is 4.32. The van der Waals surface area contributed by atoms with Crippen LogP contribution in [-0.4, -0.2) is 50.7 Å². The molecule has 4 heteroatoms. The topological polar surface area (TPSA) is 41.6 Å². The van der Waals surface area contributed by atoms with Crippen molar-refractivity contribution in [3.63, 3.8) is 0 Å². The Kier molecular flexibility index (Phi) is 4.11. The number of hydrogen-bond acceptors (Lipinski definition) is 4. The number of esters is 1. The highest BCUT2D eigenvalue weighted by molar-refractivity contribution is 5.82. The van der Waals surface area contributed by atoms with Crippen molar-refractivity contribution in [2.24, 2.45) is 5.92 Å². The van der Waals surface area contributed by atoms with Gasteiger partial charge < -0.3 is 15.0 Å². The molecule has 88 valence electrons. The first-order valence-electron chi connectivity index (χ1n) is 5.56. The number of ether oxygens (including phenoxy) is 1. The SMILES string of the molecule is CCN(C)CC(NC)(C(=O)OC)C1CC1. The first-order chi connectivity index (χ1) is 7.10. The molecule has 0 aromatic carbocycles. The zero-order valence-electron chi connectivity index (χ0n) is 10.2. The fourth-order valence-electron chi connectivity index (χ4n) is 2.04. The van der Waals surface area contributed by atoms with E-state index < -0.39 is 5.54 Å². The summed E-state index contributed by atoms with van der Waals surface area (Å²) in [5.41, 5.74) is -0.500. The molecule has 1 N–H and O–H groups in total. The summed E-state index contributed by atoms with van der Waals surface area (Å²) in [7, 11) is 5.33. The van der Waals surface area contributed by atoms with Gasteiger partial charge in [0.2, 0.25) is 0 Å². The van der Waals surface area contributed by atoms with Gasteiger partial charge in [-0.05, 0) is 39.4 Å². The summed E-state index contributed by atoms with van der Waals surface area (Å²) >= 11 is 0. The van der Waals surface area contributed by atoms with Crippen molar-refractivity contribution in [3.05, 3.63) is 0 Å². The Hall–Kier alpha value is -0.610. The first kappa shape index (κ1) is 12.5. The van der Waals surface area contributed by atoms with E-state index in [0.29, 0.717) is 5.92 Å². The molecule has 0 heterocycles. The number of carbonyl (C=O) groups is 1. The van der Waals surface area contributed by atoms with E-state index in [1.54, 1.807) is 0 Å². The molecule has 1 unspecified atom stereocenters. The van der Waals surface area contributed by atoms with Gasteiger partial charge in [0.25, 0.3) is 0 Å².